The lowest BCUT2D eigenvalue weighted by atomic mass is 10.1. The van der Waals surface area contributed by atoms with Crippen LogP contribution in [-0.2, 0) is 11.3 Å². The third-order valence-electron chi connectivity index (χ3n) is 4.02. The van der Waals surface area contributed by atoms with Gasteiger partial charge in [0.05, 0.1) is 25.5 Å². The highest BCUT2D eigenvalue weighted by molar-refractivity contribution is 5.42. The highest BCUT2D eigenvalue weighted by Crippen LogP contribution is 2.25. The number of nitrogens with zero attached hydrogens (tertiary/aromatic N) is 3. The number of hydrogen-bond acceptors (Lipinski definition) is 6. The Hall–Kier alpha value is -2.58. The normalized spacial score (nSPS) is 18.6. The molecular formula is C17H15F2N3O3. The summed E-state index contributed by atoms with van der Waals surface area (Å²) in [5.74, 6) is -0.450. The molecule has 0 N–H and O–H groups in total. The van der Waals surface area contributed by atoms with E-state index in [-0.39, 0.29) is 6.10 Å². The summed E-state index contributed by atoms with van der Waals surface area (Å²) in [4.78, 5) is 2.06. The summed E-state index contributed by atoms with van der Waals surface area (Å²) < 4.78 is 43.0. The van der Waals surface area contributed by atoms with Gasteiger partial charge in [-0.2, -0.15) is 0 Å². The Labute approximate surface area is 142 Å². The Morgan fingerprint density at radius 3 is 2.88 bits per heavy atom. The first-order valence-electron chi connectivity index (χ1n) is 7.84. The summed E-state index contributed by atoms with van der Waals surface area (Å²) in [7, 11) is 0. The van der Waals surface area contributed by atoms with E-state index in [0.29, 0.717) is 49.3 Å². The fourth-order valence-corrected chi connectivity index (χ4v) is 2.77. The number of ether oxygens (including phenoxy) is 1. The van der Waals surface area contributed by atoms with E-state index >= 15 is 0 Å². The molecule has 6 nitrogen and oxygen atoms in total. The number of halogens is 2. The lowest BCUT2D eigenvalue weighted by Gasteiger charge is -2.32. The van der Waals surface area contributed by atoms with Gasteiger partial charge in [0.2, 0.25) is 5.89 Å². The van der Waals surface area contributed by atoms with Crippen molar-refractivity contribution in [3.05, 3.63) is 59.7 Å². The summed E-state index contributed by atoms with van der Waals surface area (Å²) in [6, 6.07) is 7.30. The second-order valence-electron chi connectivity index (χ2n) is 5.75. The minimum absolute atomic E-state index is 0.324. The molecule has 0 saturated carbocycles. The van der Waals surface area contributed by atoms with Crippen LogP contribution < -0.4 is 0 Å². The van der Waals surface area contributed by atoms with E-state index < -0.39 is 11.6 Å². The van der Waals surface area contributed by atoms with Crippen molar-refractivity contribution in [2.24, 2.45) is 0 Å². The molecule has 25 heavy (non-hydrogen) atoms. The van der Waals surface area contributed by atoms with Crippen molar-refractivity contribution >= 4 is 0 Å². The molecule has 1 aromatic carbocycles. The molecule has 0 aliphatic carbocycles. The van der Waals surface area contributed by atoms with Crippen LogP contribution in [-0.4, -0.2) is 34.8 Å². The minimum Gasteiger partial charge on any atom is -0.459 e. The van der Waals surface area contributed by atoms with Crippen molar-refractivity contribution < 1.29 is 22.4 Å². The molecule has 1 atom stereocenters. The monoisotopic (exact) mass is 347 g/mol. The average molecular weight is 347 g/mol. The smallest absolute Gasteiger partial charge is 0.283 e. The lowest BCUT2D eigenvalue weighted by molar-refractivity contribution is -0.0353. The quantitative estimate of drug-likeness (QED) is 0.722. The fourth-order valence-electron chi connectivity index (χ4n) is 2.77. The Balaban J connectivity index is 1.44. The molecule has 1 aliphatic heterocycles. The first kappa shape index (κ1) is 15.9. The predicted molar refractivity (Wildman–Crippen MR) is 82.3 cm³/mol. The van der Waals surface area contributed by atoms with E-state index in [9.17, 15) is 8.78 Å². The van der Waals surface area contributed by atoms with E-state index in [0.717, 1.165) is 6.07 Å². The molecule has 4 rings (SSSR count). The zero-order valence-electron chi connectivity index (χ0n) is 13.2. The highest BCUT2D eigenvalue weighted by atomic mass is 19.2. The maximum Gasteiger partial charge on any atom is 0.283 e. The molecule has 130 valence electrons. The standard InChI is InChI=1S/C17H15F2N3O3/c18-12-4-3-11(8-13(12)19)15-9-22(5-7-24-15)10-16-20-21-17(25-16)14-2-1-6-23-14/h1-4,6,8,15H,5,7,9-10H2. The Morgan fingerprint density at radius 1 is 1.16 bits per heavy atom. The fraction of sp³-hybridized carbons (Fsp3) is 0.294. The van der Waals surface area contributed by atoms with Gasteiger partial charge in [-0.3, -0.25) is 4.90 Å². The minimum atomic E-state index is -0.877. The van der Waals surface area contributed by atoms with Crippen LogP contribution in [0.2, 0.25) is 0 Å². The van der Waals surface area contributed by atoms with Gasteiger partial charge in [0.15, 0.2) is 17.4 Å². The van der Waals surface area contributed by atoms with Gasteiger partial charge < -0.3 is 13.6 Å². The zero-order chi connectivity index (χ0) is 17.2. The summed E-state index contributed by atoms with van der Waals surface area (Å²) in [6.07, 6.45) is 1.20. The number of hydrogen-bond donors (Lipinski definition) is 0. The van der Waals surface area contributed by atoms with Crippen LogP contribution in [0.25, 0.3) is 11.7 Å². The predicted octanol–water partition coefficient (Wildman–Crippen LogP) is 3.18. The van der Waals surface area contributed by atoms with Crippen molar-refractivity contribution in [2.45, 2.75) is 12.6 Å². The number of furan rings is 1. The second-order valence-corrected chi connectivity index (χ2v) is 5.75. The van der Waals surface area contributed by atoms with Gasteiger partial charge in [-0.15, -0.1) is 10.2 Å². The molecule has 1 unspecified atom stereocenters. The number of morpholine rings is 1. The highest BCUT2D eigenvalue weighted by Gasteiger charge is 2.24. The average Bonchev–Trinajstić information content (AvgIpc) is 3.29. The van der Waals surface area contributed by atoms with Crippen LogP contribution in [0, 0.1) is 11.6 Å². The summed E-state index contributed by atoms with van der Waals surface area (Å²) >= 11 is 0. The van der Waals surface area contributed by atoms with Gasteiger partial charge in [0.1, 0.15) is 0 Å². The van der Waals surface area contributed by atoms with E-state index in [1.807, 2.05) is 0 Å². The molecule has 0 radical (unpaired) electrons. The van der Waals surface area contributed by atoms with Gasteiger partial charge in [-0.1, -0.05) is 6.07 Å². The topological polar surface area (TPSA) is 64.5 Å². The van der Waals surface area contributed by atoms with Gasteiger partial charge in [-0.25, -0.2) is 8.78 Å². The molecule has 1 fully saturated rings. The number of rotatable bonds is 4. The molecule has 2 aromatic heterocycles. The van der Waals surface area contributed by atoms with Crippen LogP contribution in [0.1, 0.15) is 17.6 Å². The van der Waals surface area contributed by atoms with Gasteiger partial charge in [-0.05, 0) is 29.8 Å². The zero-order valence-corrected chi connectivity index (χ0v) is 13.2. The SMILES string of the molecule is Fc1ccc(C2CN(Cc3nnc(-c4ccco4)o3)CCO2)cc1F. The van der Waals surface area contributed by atoms with Crippen LogP contribution in [0.4, 0.5) is 8.78 Å². The molecular weight excluding hydrogens is 332 g/mol. The molecule has 8 heteroatoms. The summed E-state index contributed by atoms with van der Waals surface area (Å²) in [5.41, 5.74) is 0.602. The molecule has 0 amide bonds. The molecule has 1 saturated heterocycles. The largest absolute Gasteiger partial charge is 0.459 e. The van der Waals surface area contributed by atoms with Crippen LogP contribution in [0.3, 0.4) is 0 Å². The first-order chi connectivity index (χ1) is 12.2. The number of aromatic nitrogens is 2. The van der Waals surface area contributed by atoms with Crippen molar-refractivity contribution in [3.8, 4) is 11.7 Å². The van der Waals surface area contributed by atoms with Gasteiger partial charge in [0.25, 0.3) is 5.89 Å². The molecule has 0 bridgehead atoms. The van der Waals surface area contributed by atoms with E-state index in [1.54, 1.807) is 12.1 Å². The summed E-state index contributed by atoms with van der Waals surface area (Å²) in [5, 5.41) is 7.98. The van der Waals surface area contributed by atoms with Crippen molar-refractivity contribution in [2.75, 3.05) is 19.7 Å². The lowest BCUT2D eigenvalue weighted by Crippen LogP contribution is -2.37. The van der Waals surface area contributed by atoms with Gasteiger partial charge in [0, 0.05) is 13.1 Å². The molecule has 3 heterocycles. The van der Waals surface area contributed by atoms with Crippen molar-refractivity contribution in [3.63, 3.8) is 0 Å². The number of benzene rings is 1. The van der Waals surface area contributed by atoms with Crippen molar-refractivity contribution in [1.29, 1.82) is 0 Å². The van der Waals surface area contributed by atoms with Crippen LogP contribution in [0.5, 0.6) is 0 Å². The Morgan fingerprint density at radius 2 is 2.08 bits per heavy atom. The maximum absolute atomic E-state index is 13.4. The second kappa shape index (κ2) is 6.73. The Kier molecular flexibility index (Phi) is 4.29. The van der Waals surface area contributed by atoms with E-state index in [4.69, 9.17) is 13.6 Å². The van der Waals surface area contributed by atoms with E-state index in [2.05, 4.69) is 15.1 Å². The van der Waals surface area contributed by atoms with Crippen LogP contribution >= 0.6 is 0 Å². The molecule has 1 aliphatic rings. The first-order valence-corrected chi connectivity index (χ1v) is 7.84. The summed E-state index contributed by atoms with van der Waals surface area (Å²) in [6.45, 7) is 2.11. The van der Waals surface area contributed by atoms with Crippen molar-refractivity contribution in [1.82, 2.24) is 15.1 Å². The van der Waals surface area contributed by atoms with Gasteiger partial charge >= 0.3 is 0 Å². The Bertz CT molecular complexity index is 851. The molecule has 0 spiro atoms. The molecule has 3 aromatic rings. The third kappa shape index (κ3) is 3.45. The third-order valence-corrected chi connectivity index (χ3v) is 4.02. The van der Waals surface area contributed by atoms with E-state index in [1.165, 1.54) is 18.4 Å². The maximum atomic E-state index is 13.4. The van der Waals surface area contributed by atoms with Crippen LogP contribution in [0.15, 0.2) is 45.4 Å².